The highest BCUT2D eigenvalue weighted by Gasteiger charge is 2.29. The number of ether oxygens (including phenoxy) is 1. The summed E-state index contributed by atoms with van der Waals surface area (Å²) in [6.45, 7) is 2.10. The van der Waals surface area contributed by atoms with Crippen LogP contribution in [-0.2, 0) is 9.59 Å². The van der Waals surface area contributed by atoms with E-state index in [9.17, 15) is 9.59 Å². The summed E-state index contributed by atoms with van der Waals surface area (Å²) in [5, 5.41) is 12.1. The second kappa shape index (κ2) is 9.78. The number of benzene rings is 1. The Hall–Kier alpha value is -2.55. The van der Waals surface area contributed by atoms with Crippen molar-refractivity contribution < 1.29 is 14.3 Å². The van der Waals surface area contributed by atoms with Gasteiger partial charge < -0.3 is 15.8 Å². The predicted octanol–water partition coefficient (Wildman–Crippen LogP) is 2.40. The fraction of sp³-hybridized carbons (Fsp3) is 0.500. The molecule has 29 heavy (non-hydrogen) atoms. The molecule has 2 atom stereocenters. The number of nitrogens with one attached hydrogen (secondary N) is 1. The van der Waals surface area contributed by atoms with Gasteiger partial charge in [-0.3, -0.25) is 14.2 Å². The minimum absolute atomic E-state index is 0.148. The smallest absolute Gasteiger partial charge is 0.236 e. The Labute approximate surface area is 174 Å². The first kappa shape index (κ1) is 21.2. The fourth-order valence-corrected chi connectivity index (χ4v) is 4.48. The second-order valence-corrected chi connectivity index (χ2v) is 8.21. The quantitative estimate of drug-likeness (QED) is 0.638. The molecule has 156 valence electrons. The van der Waals surface area contributed by atoms with Crippen molar-refractivity contribution in [1.29, 1.82) is 0 Å². The van der Waals surface area contributed by atoms with Gasteiger partial charge >= 0.3 is 0 Å². The first-order valence-corrected chi connectivity index (χ1v) is 10.7. The molecule has 1 saturated carbocycles. The van der Waals surface area contributed by atoms with E-state index >= 15 is 0 Å². The molecule has 0 unspecified atom stereocenters. The summed E-state index contributed by atoms with van der Waals surface area (Å²) in [4.78, 5) is 22.9. The van der Waals surface area contributed by atoms with E-state index in [1.54, 1.807) is 7.11 Å². The Kier molecular flexibility index (Phi) is 7.13. The maximum absolute atomic E-state index is 12.0. The average Bonchev–Trinajstić information content (AvgIpc) is 3.14. The van der Waals surface area contributed by atoms with Crippen LogP contribution in [0.2, 0.25) is 0 Å². The highest BCUT2D eigenvalue weighted by atomic mass is 32.2. The van der Waals surface area contributed by atoms with Crippen LogP contribution in [0.25, 0.3) is 11.4 Å². The van der Waals surface area contributed by atoms with E-state index in [0.717, 1.165) is 30.0 Å². The highest BCUT2D eigenvalue weighted by molar-refractivity contribution is 7.99. The summed E-state index contributed by atoms with van der Waals surface area (Å²) >= 11 is 1.33. The van der Waals surface area contributed by atoms with E-state index in [0.29, 0.717) is 11.1 Å². The Balaban J connectivity index is 1.86. The summed E-state index contributed by atoms with van der Waals surface area (Å²) in [7, 11) is 1.64. The molecule has 1 aromatic carbocycles. The maximum Gasteiger partial charge on any atom is 0.236 e. The Morgan fingerprint density at radius 3 is 2.62 bits per heavy atom. The Bertz CT molecular complexity index is 852. The molecule has 0 spiro atoms. The van der Waals surface area contributed by atoms with Gasteiger partial charge in [0.25, 0.3) is 0 Å². The topological polar surface area (TPSA) is 112 Å². The maximum atomic E-state index is 12.0. The molecule has 1 aromatic heterocycles. The molecule has 0 bridgehead atoms. The van der Waals surface area contributed by atoms with Crippen LogP contribution in [0.15, 0.2) is 29.4 Å². The first-order valence-electron chi connectivity index (χ1n) is 9.76. The number of methoxy groups -OCH3 is 1. The number of carbonyl (C=O) groups excluding carboxylic acids is 2. The SMILES string of the molecule is COc1ccc(-c2nnc(SCC(=O)NCC(N)=O)n2[C@H]2CCCC[C@@H]2C)cc1. The first-order chi connectivity index (χ1) is 14.0. The lowest BCUT2D eigenvalue weighted by atomic mass is 9.85. The van der Waals surface area contributed by atoms with Gasteiger partial charge in [-0.05, 0) is 43.0 Å². The second-order valence-electron chi connectivity index (χ2n) is 7.27. The summed E-state index contributed by atoms with van der Waals surface area (Å²) in [5.41, 5.74) is 6.04. The molecule has 0 saturated heterocycles. The van der Waals surface area contributed by atoms with E-state index < -0.39 is 5.91 Å². The zero-order valence-electron chi connectivity index (χ0n) is 16.8. The summed E-state index contributed by atoms with van der Waals surface area (Å²) in [6, 6.07) is 8.04. The lowest BCUT2D eigenvalue weighted by Gasteiger charge is -2.31. The van der Waals surface area contributed by atoms with Gasteiger partial charge in [0.15, 0.2) is 11.0 Å². The molecular weight excluding hydrogens is 390 g/mol. The van der Waals surface area contributed by atoms with Crippen molar-refractivity contribution in [2.75, 3.05) is 19.4 Å². The van der Waals surface area contributed by atoms with E-state index in [1.165, 1.54) is 24.6 Å². The number of hydrogen-bond acceptors (Lipinski definition) is 6. The van der Waals surface area contributed by atoms with Crippen LogP contribution in [0.5, 0.6) is 5.75 Å². The molecule has 0 radical (unpaired) electrons. The largest absolute Gasteiger partial charge is 0.497 e. The summed E-state index contributed by atoms with van der Waals surface area (Å²) < 4.78 is 7.43. The third-order valence-electron chi connectivity index (χ3n) is 5.20. The molecule has 0 aliphatic heterocycles. The lowest BCUT2D eigenvalue weighted by molar-refractivity contribution is -0.123. The van der Waals surface area contributed by atoms with E-state index in [2.05, 4.69) is 27.0 Å². The number of hydrogen-bond donors (Lipinski definition) is 2. The minimum atomic E-state index is -0.565. The molecule has 3 rings (SSSR count). The zero-order valence-corrected chi connectivity index (χ0v) is 17.6. The standard InChI is InChI=1S/C20H27N5O3S/c1-13-5-3-4-6-16(13)25-19(14-7-9-15(28-2)10-8-14)23-24-20(25)29-12-18(27)22-11-17(21)26/h7-10,13,16H,3-6,11-12H2,1-2H3,(H2,21,26)(H,22,27)/t13-,16-/m0/s1. The lowest BCUT2D eigenvalue weighted by Crippen LogP contribution is -2.34. The number of nitrogens with two attached hydrogens (primary N) is 1. The van der Waals surface area contributed by atoms with Crippen LogP contribution in [-0.4, -0.2) is 46.0 Å². The van der Waals surface area contributed by atoms with Gasteiger partial charge in [-0.25, -0.2) is 0 Å². The van der Waals surface area contributed by atoms with Crippen LogP contribution in [0.3, 0.4) is 0 Å². The molecule has 2 aromatic rings. The molecule has 1 aliphatic rings. The van der Waals surface area contributed by atoms with Crippen molar-refractivity contribution in [2.45, 2.75) is 43.8 Å². The number of carbonyl (C=O) groups is 2. The third kappa shape index (κ3) is 5.29. The van der Waals surface area contributed by atoms with E-state index in [1.807, 2.05) is 24.3 Å². The molecular formula is C20H27N5O3S. The molecule has 2 amide bonds. The fourth-order valence-electron chi connectivity index (χ4n) is 3.66. The number of nitrogens with zero attached hydrogens (tertiary/aromatic N) is 3. The number of thioether (sulfide) groups is 1. The van der Waals surface area contributed by atoms with Crippen LogP contribution >= 0.6 is 11.8 Å². The minimum Gasteiger partial charge on any atom is -0.497 e. The van der Waals surface area contributed by atoms with Gasteiger partial charge in [0, 0.05) is 11.6 Å². The number of primary amides is 1. The predicted molar refractivity (Wildman–Crippen MR) is 112 cm³/mol. The molecule has 1 aliphatic carbocycles. The van der Waals surface area contributed by atoms with Gasteiger partial charge in [0.05, 0.1) is 19.4 Å². The Morgan fingerprint density at radius 1 is 1.24 bits per heavy atom. The van der Waals surface area contributed by atoms with Crippen LogP contribution < -0.4 is 15.8 Å². The van der Waals surface area contributed by atoms with E-state index in [-0.39, 0.29) is 24.2 Å². The molecule has 3 N–H and O–H groups in total. The van der Waals surface area contributed by atoms with Crippen LogP contribution in [0, 0.1) is 5.92 Å². The van der Waals surface area contributed by atoms with Crippen molar-refractivity contribution in [1.82, 2.24) is 20.1 Å². The number of rotatable bonds is 8. The summed E-state index contributed by atoms with van der Waals surface area (Å²) in [5.74, 6) is 1.41. The molecule has 1 heterocycles. The number of amides is 2. The third-order valence-corrected chi connectivity index (χ3v) is 6.15. The van der Waals surface area contributed by atoms with Gasteiger partial charge in [-0.2, -0.15) is 0 Å². The van der Waals surface area contributed by atoms with E-state index in [4.69, 9.17) is 10.5 Å². The average molecular weight is 418 g/mol. The molecule has 9 heteroatoms. The zero-order chi connectivity index (χ0) is 20.8. The van der Waals surface area contributed by atoms with Gasteiger partial charge in [-0.15, -0.1) is 10.2 Å². The van der Waals surface area contributed by atoms with Gasteiger partial charge in [-0.1, -0.05) is 31.5 Å². The van der Waals surface area contributed by atoms with Crippen molar-refractivity contribution in [3.63, 3.8) is 0 Å². The Morgan fingerprint density at radius 2 is 1.97 bits per heavy atom. The normalized spacial score (nSPS) is 19.0. The summed E-state index contributed by atoms with van der Waals surface area (Å²) in [6.07, 6.45) is 4.62. The molecule has 1 fully saturated rings. The van der Waals surface area contributed by atoms with Crippen LogP contribution in [0.1, 0.15) is 38.6 Å². The van der Waals surface area contributed by atoms with Crippen molar-refractivity contribution in [3.8, 4) is 17.1 Å². The van der Waals surface area contributed by atoms with Crippen molar-refractivity contribution >= 4 is 23.6 Å². The monoisotopic (exact) mass is 417 g/mol. The van der Waals surface area contributed by atoms with Gasteiger partial charge in [0.1, 0.15) is 5.75 Å². The van der Waals surface area contributed by atoms with Crippen molar-refractivity contribution in [3.05, 3.63) is 24.3 Å². The number of aromatic nitrogens is 3. The van der Waals surface area contributed by atoms with Crippen LogP contribution in [0.4, 0.5) is 0 Å². The van der Waals surface area contributed by atoms with Gasteiger partial charge in [0.2, 0.25) is 11.8 Å². The van der Waals surface area contributed by atoms with Crippen molar-refractivity contribution in [2.24, 2.45) is 11.7 Å². The molecule has 8 nitrogen and oxygen atoms in total. The highest BCUT2D eigenvalue weighted by Crippen LogP contribution is 2.39.